The number of nitrogens with one attached hydrogen (secondary N) is 1. The molecule has 196 valence electrons. The second kappa shape index (κ2) is 15.2. The Kier molecular flexibility index (Phi) is 13.5. The molecule has 0 spiro atoms. The van der Waals surface area contributed by atoms with Crippen LogP contribution in [0, 0.1) is 13.8 Å². The van der Waals surface area contributed by atoms with Crippen LogP contribution in [0.15, 0.2) is 0 Å². The zero-order valence-electron chi connectivity index (χ0n) is 20.0. The van der Waals surface area contributed by atoms with Crippen LogP contribution in [0.25, 0.3) is 0 Å². The molecule has 0 saturated carbocycles. The normalized spacial score (nSPS) is 13.4. The molecule has 0 amide bonds. The van der Waals surface area contributed by atoms with Gasteiger partial charge in [0.05, 0.1) is 24.4 Å². The fourth-order valence-electron chi connectivity index (χ4n) is 3.08. The van der Waals surface area contributed by atoms with Crippen LogP contribution in [0.3, 0.4) is 0 Å². The Morgan fingerprint density at radius 3 is 1.60 bits per heavy atom. The zero-order chi connectivity index (χ0) is 27.3. The summed E-state index contributed by atoms with van der Waals surface area (Å²) in [6, 6.07) is 0. The van der Waals surface area contributed by atoms with Crippen LogP contribution in [-0.2, 0) is 23.9 Å². The molecule has 2 rings (SSSR count). The van der Waals surface area contributed by atoms with Crippen molar-refractivity contribution in [3.05, 3.63) is 22.5 Å². The van der Waals surface area contributed by atoms with Crippen LogP contribution < -0.4 is 0 Å². The minimum atomic E-state index is -1.82. The van der Waals surface area contributed by atoms with Crippen LogP contribution in [0.1, 0.15) is 46.0 Å². The summed E-state index contributed by atoms with van der Waals surface area (Å²) in [7, 11) is 0. The van der Waals surface area contributed by atoms with E-state index in [-0.39, 0.29) is 11.8 Å². The highest BCUT2D eigenvalue weighted by Crippen LogP contribution is 2.20. The van der Waals surface area contributed by atoms with Gasteiger partial charge in [0.15, 0.2) is 5.78 Å². The van der Waals surface area contributed by atoms with Gasteiger partial charge in [0.25, 0.3) is 0 Å². The lowest BCUT2D eigenvalue weighted by molar-refractivity contribution is -0.159. The van der Waals surface area contributed by atoms with Crippen molar-refractivity contribution in [3.8, 4) is 0 Å². The topological polar surface area (TPSA) is 215 Å². The van der Waals surface area contributed by atoms with Gasteiger partial charge in [0.1, 0.15) is 0 Å². The van der Waals surface area contributed by atoms with Gasteiger partial charge in [0, 0.05) is 31.9 Å². The van der Waals surface area contributed by atoms with Gasteiger partial charge < -0.3 is 35.0 Å². The highest BCUT2D eigenvalue weighted by Gasteiger charge is 2.25. The Hall–Kier alpha value is -3.78. The Balaban J connectivity index is 0.000000797. The molecule has 0 aliphatic carbocycles. The number of aryl methyl sites for hydroxylation is 1. The first-order valence-electron chi connectivity index (χ1n) is 10.5. The quantitative estimate of drug-likeness (QED) is 0.196. The molecule has 14 nitrogen and oxygen atoms in total. The number of aromatic nitrogens is 1. The van der Waals surface area contributed by atoms with Crippen molar-refractivity contribution in [2.24, 2.45) is 0 Å². The summed E-state index contributed by atoms with van der Waals surface area (Å²) in [4.78, 5) is 68.6. The summed E-state index contributed by atoms with van der Waals surface area (Å²) in [6.45, 7) is 13.1. The number of hydrogen-bond donors (Lipinski definition) is 5. The molecule has 1 aliphatic heterocycles. The van der Waals surface area contributed by atoms with E-state index in [1.54, 1.807) is 20.8 Å². The van der Waals surface area contributed by atoms with Gasteiger partial charge in [-0.05, 0) is 32.9 Å². The molecule has 0 radical (unpaired) electrons. The third-order valence-corrected chi connectivity index (χ3v) is 4.84. The molecule has 0 aromatic carbocycles. The van der Waals surface area contributed by atoms with Crippen molar-refractivity contribution in [2.45, 2.75) is 27.7 Å². The number of rotatable bonds is 6. The van der Waals surface area contributed by atoms with Crippen molar-refractivity contribution in [2.75, 3.05) is 45.9 Å². The van der Waals surface area contributed by atoms with Gasteiger partial charge in [-0.2, -0.15) is 0 Å². The highest BCUT2D eigenvalue weighted by atomic mass is 16.5. The molecule has 2 heterocycles. The summed E-state index contributed by atoms with van der Waals surface area (Å²) in [6.07, 6.45) is 0. The Morgan fingerprint density at radius 2 is 1.23 bits per heavy atom. The zero-order valence-corrected chi connectivity index (χ0v) is 20.0. The van der Waals surface area contributed by atoms with E-state index in [1.807, 2.05) is 0 Å². The number of likely N-dealkylation sites (N-methyl/N-ethyl adjacent to an activating group) is 1. The van der Waals surface area contributed by atoms with Crippen molar-refractivity contribution >= 4 is 35.6 Å². The van der Waals surface area contributed by atoms with E-state index >= 15 is 0 Å². The van der Waals surface area contributed by atoms with Crippen molar-refractivity contribution < 1.29 is 53.9 Å². The standard InChI is InChI=1S/C17H27N3O3.2C2H2O4/c1-5-19-7-9-20(10-8-19)11-14(21)16-12(3)15(13(4)18-16)17(22)23-6-2;2*3-1(4)2(5)6/h18H,5-11H2,1-4H3;2*(H,3,4)(H,5,6). The number of ketones is 1. The van der Waals surface area contributed by atoms with Crippen LogP contribution in [0.2, 0.25) is 0 Å². The number of carboxylic acid groups (broad SMARTS) is 4. The number of carbonyl (C=O) groups excluding carboxylic acids is 2. The first-order chi connectivity index (χ1) is 16.3. The van der Waals surface area contributed by atoms with Gasteiger partial charge in [-0.25, -0.2) is 24.0 Å². The molecule has 14 heteroatoms. The predicted molar refractivity (Wildman–Crippen MR) is 120 cm³/mol. The van der Waals surface area contributed by atoms with E-state index in [2.05, 4.69) is 21.7 Å². The number of nitrogens with zero attached hydrogens (tertiary/aromatic N) is 2. The third kappa shape index (κ3) is 10.8. The van der Waals surface area contributed by atoms with E-state index < -0.39 is 23.9 Å². The fraction of sp³-hybridized carbons (Fsp3) is 0.524. The average molecular weight is 501 g/mol. The number of aromatic amines is 1. The smallest absolute Gasteiger partial charge is 0.414 e. The van der Waals surface area contributed by atoms with Gasteiger partial charge in [-0.1, -0.05) is 6.92 Å². The van der Waals surface area contributed by atoms with E-state index in [0.29, 0.717) is 35.7 Å². The molecule has 1 saturated heterocycles. The fourth-order valence-corrected chi connectivity index (χ4v) is 3.08. The average Bonchev–Trinajstić information content (AvgIpc) is 3.09. The number of piperazine rings is 1. The highest BCUT2D eigenvalue weighted by molar-refractivity contribution is 6.27. The summed E-state index contributed by atoms with van der Waals surface area (Å²) in [5.74, 6) is -7.63. The second-order valence-corrected chi connectivity index (χ2v) is 7.20. The maximum absolute atomic E-state index is 12.6. The van der Waals surface area contributed by atoms with E-state index in [4.69, 9.17) is 44.3 Å². The molecular formula is C21H31N3O11. The molecule has 1 aromatic heterocycles. The predicted octanol–water partition coefficient (Wildman–Crippen LogP) is -0.0604. The number of ether oxygens (including phenoxy) is 1. The lowest BCUT2D eigenvalue weighted by atomic mass is 10.1. The molecule has 35 heavy (non-hydrogen) atoms. The maximum Gasteiger partial charge on any atom is 0.414 e. The number of esters is 1. The molecule has 1 fully saturated rings. The molecule has 5 N–H and O–H groups in total. The number of aliphatic carboxylic acids is 4. The monoisotopic (exact) mass is 501 g/mol. The molecular weight excluding hydrogens is 470 g/mol. The first kappa shape index (κ1) is 31.2. The van der Waals surface area contributed by atoms with Crippen molar-refractivity contribution in [1.82, 2.24) is 14.8 Å². The van der Waals surface area contributed by atoms with Crippen LogP contribution >= 0.6 is 0 Å². The van der Waals surface area contributed by atoms with Crippen molar-refractivity contribution in [1.29, 1.82) is 0 Å². The molecule has 1 aliphatic rings. The SMILES string of the molecule is CCOC(=O)c1c(C)[nH]c(C(=O)CN2CCN(CC)CC2)c1C.O=C(O)C(=O)O.O=C(O)C(=O)O. The molecule has 1 aromatic rings. The van der Waals surface area contributed by atoms with E-state index in [0.717, 1.165) is 32.7 Å². The van der Waals surface area contributed by atoms with Crippen molar-refractivity contribution in [3.63, 3.8) is 0 Å². The van der Waals surface area contributed by atoms with Gasteiger partial charge in [0.2, 0.25) is 0 Å². The van der Waals surface area contributed by atoms with Gasteiger partial charge >= 0.3 is 29.8 Å². The minimum absolute atomic E-state index is 0.0334. The van der Waals surface area contributed by atoms with E-state index in [9.17, 15) is 9.59 Å². The largest absolute Gasteiger partial charge is 0.473 e. The third-order valence-electron chi connectivity index (χ3n) is 4.84. The maximum atomic E-state index is 12.6. The lowest BCUT2D eigenvalue weighted by Gasteiger charge is -2.33. The molecule has 0 atom stereocenters. The summed E-state index contributed by atoms with van der Waals surface area (Å²) < 4.78 is 5.07. The van der Waals surface area contributed by atoms with E-state index in [1.165, 1.54) is 0 Å². The van der Waals surface area contributed by atoms with Crippen LogP contribution in [-0.4, -0.2) is 117 Å². The summed E-state index contributed by atoms with van der Waals surface area (Å²) in [5.41, 5.74) is 2.41. The number of carbonyl (C=O) groups is 6. The summed E-state index contributed by atoms with van der Waals surface area (Å²) in [5, 5.41) is 29.6. The molecule has 0 unspecified atom stereocenters. The van der Waals surface area contributed by atoms with Crippen LogP contribution in [0.4, 0.5) is 0 Å². The first-order valence-corrected chi connectivity index (χ1v) is 10.5. The number of carboxylic acids is 4. The lowest BCUT2D eigenvalue weighted by Crippen LogP contribution is -2.47. The minimum Gasteiger partial charge on any atom is -0.473 e. The number of Topliss-reactive ketones (excluding diaryl/α,β-unsaturated/α-hetero) is 1. The summed E-state index contributed by atoms with van der Waals surface area (Å²) >= 11 is 0. The van der Waals surface area contributed by atoms with Gasteiger partial charge in [-0.15, -0.1) is 0 Å². The van der Waals surface area contributed by atoms with Crippen LogP contribution in [0.5, 0.6) is 0 Å². The van der Waals surface area contributed by atoms with Gasteiger partial charge in [-0.3, -0.25) is 9.69 Å². The number of H-pyrrole nitrogens is 1. The Labute approximate surface area is 201 Å². The Bertz CT molecular complexity index is 883. The second-order valence-electron chi connectivity index (χ2n) is 7.20. The molecule has 0 bridgehead atoms. The number of hydrogen-bond acceptors (Lipinski definition) is 9. The Morgan fingerprint density at radius 1 is 0.800 bits per heavy atom.